The van der Waals surface area contributed by atoms with Crippen molar-refractivity contribution in [3.05, 3.63) is 12.4 Å². The van der Waals surface area contributed by atoms with Crippen LogP contribution in [0.15, 0.2) is 17.3 Å². The van der Waals surface area contributed by atoms with Crippen molar-refractivity contribution in [3.8, 4) is 0 Å². The third-order valence-corrected chi connectivity index (χ3v) is 3.37. The number of nitrogens with two attached hydrogens (primary N) is 2. The predicted molar refractivity (Wildman–Crippen MR) is 60.0 cm³/mol. The molecule has 8 nitrogen and oxygen atoms in total. The Bertz CT molecular complexity index is 498. The Balaban J connectivity index is 2.82. The lowest BCUT2D eigenvalue weighted by molar-refractivity contribution is -0.118. The van der Waals surface area contributed by atoms with E-state index in [4.69, 9.17) is 11.5 Å². The molecule has 0 radical (unpaired) electrons. The van der Waals surface area contributed by atoms with Gasteiger partial charge in [0, 0.05) is 12.5 Å². The molecule has 0 aliphatic heterocycles. The molecule has 0 saturated carbocycles. The second kappa shape index (κ2) is 5.06. The number of carbonyl (C=O) groups is 1. The number of rotatable bonds is 5. The molecular formula is C8H13N5O3S. The summed E-state index contributed by atoms with van der Waals surface area (Å²) in [5, 5.41) is 0. The molecule has 5 N–H and O–H groups in total. The quantitative estimate of drug-likeness (QED) is 0.593. The minimum Gasteiger partial charge on any atom is -0.370 e. The van der Waals surface area contributed by atoms with Crippen LogP contribution in [0, 0.1) is 0 Å². The summed E-state index contributed by atoms with van der Waals surface area (Å²) in [5.41, 5.74) is 10.2. The zero-order valence-electron chi connectivity index (χ0n) is 9.12. The van der Waals surface area contributed by atoms with E-state index in [0.29, 0.717) is 0 Å². The van der Waals surface area contributed by atoms with Crippen LogP contribution in [0.5, 0.6) is 0 Å². The molecule has 1 aromatic rings. The molecule has 1 amide bonds. The molecule has 0 aliphatic carbocycles. The third-order valence-electron chi connectivity index (χ3n) is 1.82. The maximum atomic E-state index is 11.8. The Morgan fingerprint density at radius 3 is 2.47 bits per heavy atom. The Hall–Kier alpha value is -1.74. The molecule has 0 aromatic carbocycles. The van der Waals surface area contributed by atoms with Crippen molar-refractivity contribution < 1.29 is 13.2 Å². The molecule has 17 heavy (non-hydrogen) atoms. The van der Waals surface area contributed by atoms with Gasteiger partial charge < -0.3 is 11.5 Å². The van der Waals surface area contributed by atoms with Gasteiger partial charge >= 0.3 is 0 Å². The number of sulfonamides is 1. The van der Waals surface area contributed by atoms with E-state index < -0.39 is 22.0 Å². The molecule has 0 saturated heterocycles. The number of nitrogen functional groups attached to an aromatic ring is 1. The Morgan fingerprint density at radius 1 is 1.47 bits per heavy atom. The van der Waals surface area contributed by atoms with Gasteiger partial charge in [-0.2, -0.15) is 0 Å². The standard InChI is InChI=1S/C8H13N5O3S/c1-5(2-7(9)14)13-17(15,16)6-3-11-8(10)12-4-6/h3-5,13H,2H2,1H3,(H2,9,14)(H2,10,11,12). The molecular weight excluding hydrogens is 246 g/mol. The van der Waals surface area contributed by atoms with Gasteiger partial charge in [-0.05, 0) is 6.92 Å². The fraction of sp³-hybridized carbons (Fsp3) is 0.375. The lowest BCUT2D eigenvalue weighted by Crippen LogP contribution is -2.35. The number of primary amides is 1. The highest BCUT2D eigenvalue weighted by Gasteiger charge is 2.19. The van der Waals surface area contributed by atoms with Gasteiger partial charge in [-0.25, -0.2) is 23.1 Å². The zero-order chi connectivity index (χ0) is 13.1. The summed E-state index contributed by atoms with van der Waals surface area (Å²) >= 11 is 0. The minimum atomic E-state index is -3.76. The summed E-state index contributed by atoms with van der Waals surface area (Å²) in [6, 6.07) is -0.602. The molecule has 9 heteroatoms. The number of nitrogens with zero attached hydrogens (tertiary/aromatic N) is 2. The second-order valence-corrected chi connectivity index (χ2v) is 5.18. The average molecular weight is 259 g/mol. The first-order valence-electron chi connectivity index (χ1n) is 4.69. The SMILES string of the molecule is CC(CC(N)=O)NS(=O)(=O)c1cnc(N)nc1. The van der Waals surface area contributed by atoms with Gasteiger partial charge in [-0.15, -0.1) is 0 Å². The topological polar surface area (TPSA) is 141 Å². The van der Waals surface area contributed by atoms with Gasteiger partial charge in [0.15, 0.2) is 0 Å². The van der Waals surface area contributed by atoms with E-state index in [2.05, 4.69) is 14.7 Å². The lowest BCUT2D eigenvalue weighted by Gasteiger charge is -2.11. The van der Waals surface area contributed by atoms with Crippen molar-refractivity contribution in [2.45, 2.75) is 24.3 Å². The fourth-order valence-electron chi connectivity index (χ4n) is 1.14. The van der Waals surface area contributed by atoms with Crippen LogP contribution < -0.4 is 16.2 Å². The van der Waals surface area contributed by atoms with E-state index in [1.54, 1.807) is 0 Å². The van der Waals surface area contributed by atoms with Crippen LogP contribution in [0.25, 0.3) is 0 Å². The fourth-order valence-corrected chi connectivity index (χ4v) is 2.27. The van der Waals surface area contributed by atoms with E-state index in [1.807, 2.05) is 0 Å². The van der Waals surface area contributed by atoms with E-state index in [-0.39, 0.29) is 17.3 Å². The van der Waals surface area contributed by atoms with Crippen molar-refractivity contribution in [3.63, 3.8) is 0 Å². The molecule has 1 heterocycles. The summed E-state index contributed by atoms with van der Waals surface area (Å²) < 4.78 is 25.8. The highest BCUT2D eigenvalue weighted by Crippen LogP contribution is 2.07. The van der Waals surface area contributed by atoms with Crippen LogP contribution in [0.3, 0.4) is 0 Å². The van der Waals surface area contributed by atoms with E-state index >= 15 is 0 Å². The van der Waals surface area contributed by atoms with E-state index in [0.717, 1.165) is 12.4 Å². The molecule has 0 bridgehead atoms. The van der Waals surface area contributed by atoms with Crippen molar-refractivity contribution in [2.24, 2.45) is 5.73 Å². The number of anilines is 1. The van der Waals surface area contributed by atoms with Gasteiger partial charge in [0.25, 0.3) is 0 Å². The van der Waals surface area contributed by atoms with E-state index in [9.17, 15) is 13.2 Å². The van der Waals surface area contributed by atoms with Gasteiger partial charge in [0.2, 0.25) is 21.9 Å². The lowest BCUT2D eigenvalue weighted by atomic mass is 10.2. The molecule has 1 atom stereocenters. The van der Waals surface area contributed by atoms with E-state index in [1.165, 1.54) is 6.92 Å². The van der Waals surface area contributed by atoms with Crippen LogP contribution in [-0.2, 0) is 14.8 Å². The summed E-state index contributed by atoms with van der Waals surface area (Å²) in [7, 11) is -3.76. The highest BCUT2D eigenvalue weighted by atomic mass is 32.2. The average Bonchev–Trinajstić information content (AvgIpc) is 2.15. The van der Waals surface area contributed by atoms with Crippen LogP contribution in [-0.4, -0.2) is 30.3 Å². The summed E-state index contributed by atoms with van der Waals surface area (Å²) in [5.74, 6) is -0.608. The van der Waals surface area contributed by atoms with Crippen molar-refractivity contribution in [1.29, 1.82) is 0 Å². The molecule has 1 unspecified atom stereocenters. The first-order chi connectivity index (χ1) is 7.81. The molecule has 1 rings (SSSR count). The first kappa shape index (κ1) is 13.3. The Morgan fingerprint density at radius 2 is 2.00 bits per heavy atom. The first-order valence-corrected chi connectivity index (χ1v) is 6.18. The molecule has 0 fully saturated rings. The highest BCUT2D eigenvalue weighted by molar-refractivity contribution is 7.89. The van der Waals surface area contributed by atoms with Crippen molar-refractivity contribution in [2.75, 3.05) is 5.73 Å². The molecule has 0 spiro atoms. The number of hydrogen-bond acceptors (Lipinski definition) is 6. The smallest absolute Gasteiger partial charge is 0.243 e. The van der Waals surface area contributed by atoms with Gasteiger partial charge in [0.05, 0.1) is 12.4 Å². The molecule has 1 aromatic heterocycles. The molecule has 0 aliphatic rings. The number of aromatic nitrogens is 2. The van der Waals surface area contributed by atoms with Gasteiger partial charge in [-0.1, -0.05) is 0 Å². The predicted octanol–water partition coefficient (Wildman–Crippen LogP) is -1.40. The monoisotopic (exact) mass is 259 g/mol. The molecule has 94 valence electrons. The third kappa shape index (κ3) is 3.96. The number of hydrogen-bond donors (Lipinski definition) is 3. The van der Waals surface area contributed by atoms with Crippen LogP contribution in [0.2, 0.25) is 0 Å². The maximum Gasteiger partial charge on any atom is 0.243 e. The van der Waals surface area contributed by atoms with Crippen molar-refractivity contribution in [1.82, 2.24) is 14.7 Å². The van der Waals surface area contributed by atoms with Crippen LogP contribution >= 0.6 is 0 Å². The summed E-state index contributed by atoms with van der Waals surface area (Å²) in [4.78, 5) is 17.6. The minimum absolute atomic E-state index is 0.0193. The number of nitrogens with one attached hydrogen (secondary N) is 1. The van der Waals surface area contributed by atoms with Crippen molar-refractivity contribution >= 4 is 21.9 Å². The summed E-state index contributed by atoms with van der Waals surface area (Å²) in [6.45, 7) is 1.53. The Labute approximate surface area is 98.5 Å². The number of amides is 1. The van der Waals surface area contributed by atoms with Gasteiger partial charge in [-0.3, -0.25) is 4.79 Å². The number of carbonyl (C=O) groups excluding carboxylic acids is 1. The summed E-state index contributed by atoms with van der Waals surface area (Å²) in [6.07, 6.45) is 2.08. The second-order valence-electron chi connectivity index (χ2n) is 3.47. The van der Waals surface area contributed by atoms with Crippen LogP contribution in [0.1, 0.15) is 13.3 Å². The Kier molecular flexibility index (Phi) is 3.97. The maximum absolute atomic E-state index is 11.8. The normalized spacial score (nSPS) is 13.2. The zero-order valence-corrected chi connectivity index (χ0v) is 9.94. The van der Waals surface area contributed by atoms with Crippen LogP contribution in [0.4, 0.5) is 5.95 Å². The van der Waals surface area contributed by atoms with Gasteiger partial charge in [0.1, 0.15) is 4.90 Å². The largest absolute Gasteiger partial charge is 0.370 e.